The Bertz CT molecular complexity index is 344. The van der Waals surface area contributed by atoms with E-state index < -0.39 is 0 Å². The van der Waals surface area contributed by atoms with Gasteiger partial charge in [0.15, 0.2) is 0 Å². The summed E-state index contributed by atoms with van der Waals surface area (Å²) in [6, 6.07) is 4.74. The van der Waals surface area contributed by atoms with Gasteiger partial charge in [-0.3, -0.25) is 4.98 Å². The Morgan fingerprint density at radius 2 is 2.17 bits per heavy atom. The van der Waals surface area contributed by atoms with Crippen LogP contribution >= 0.6 is 0 Å². The number of nitrogens with zero attached hydrogens (tertiary/aromatic N) is 1. The number of hydrogen-bond donors (Lipinski definition) is 1. The van der Waals surface area contributed by atoms with Crippen LogP contribution in [0.5, 0.6) is 0 Å². The molecule has 0 bridgehead atoms. The van der Waals surface area contributed by atoms with Crippen molar-refractivity contribution in [3.05, 3.63) is 29.6 Å². The van der Waals surface area contributed by atoms with E-state index in [0.29, 0.717) is 6.04 Å². The molecule has 1 aliphatic rings. The molecule has 1 fully saturated rings. The van der Waals surface area contributed by atoms with Crippen molar-refractivity contribution in [1.29, 1.82) is 0 Å². The minimum absolute atomic E-state index is 0.436. The average molecular weight is 248 g/mol. The normalized spacial score (nSPS) is 18.8. The molecule has 0 radical (unpaired) electrons. The Hall–Kier alpha value is -0.930. The number of aromatic nitrogens is 1. The predicted octanol–water partition coefficient (Wildman–Crippen LogP) is 2.86. The molecule has 1 N–H and O–H groups in total. The maximum atomic E-state index is 5.43. The smallest absolute Gasteiger partial charge is 0.0468 e. The van der Waals surface area contributed by atoms with E-state index in [0.717, 1.165) is 31.4 Å². The molecular formula is C15H24N2O. The highest BCUT2D eigenvalue weighted by molar-refractivity contribution is 5.17. The van der Waals surface area contributed by atoms with Crippen LogP contribution in [-0.4, -0.2) is 24.7 Å². The van der Waals surface area contributed by atoms with Crippen LogP contribution in [0.4, 0.5) is 0 Å². The second-order valence-corrected chi connectivity index (χ2v) is 5.13. The van der Waals surface area contributed by atoms with E-state index in [1.165, 1.54) is 24.8 Å². The standard InChI is InChI=1S/C15H24N2O/c1-3-16-15(10-13-6-8-18-9-7-13)14-5-4-12(2)17-11-14/h4-5,11,13,15-16H,3,6-10H2,1-2H3. The van der Waals surface area contributed by atoms with Crippen molar-refractivity contribution in [3.63, 3.8) is 0 Å². The van der Waals surface area contributed by atoms with Crippen molar-refractivity contribution in [3.8, 4) is 0 Å². The van der Waals surface area contributed by atoms with Crippen LogP contribution in [0, 0.1) is 12.8 Å². The molecule has 0 aliphatic carbocycles. The first-order valence-corrected chi connectivity index (χ1v) is 7.03. The molecule has 0 amide bonds. The Morgan fingerprint density at radius 3 is 2.78 bits per heavy atom. The van der Waals surface area contributed by atoms with Crippen molar-refractivity contribution >= 4 is 0 Å². The number of ether oxygens (including phenoxy) is 1. The van der Waals surface area contributed by atoms with Crippen LogP contribution in [0.1, 0.15) is 43.5 Å². The number of hydrogen-bond acceptors (Lipinski definition) is 3. The van der Waals surface area contributed by atoms with Gasteiger partial charge in [-0.1, -0.05) is 13.0 Å². The van der Waals surface area contributed by atoms with Gasteiger partial charge in [-0.05, 0) is 50.3 Å². The molecule has 18 heavy (non-hydrogen) atoms. The monoisotopic (exact) mass is 248 g/mol. The molecule has 0 aromatic carbocycles. The van der Waals surface area contributed by atoms with Gasteiger partial charge in [-0.15, -0.1) is 0 Å². The minimum atomic E-state index is 0.436. The van der Waals surface area contributed by atoms with E-state index in [9.17, 15) is 0 Å². The number of nitrogens with one attached hydrogen (secondary N) is 1. The molecule has 3 nitrogen and oxygen atoms in total. The first kappa shape index (κ1) is 13.5. The van der Waals surface area contributed by atoms with Crippen molar-refractivity contribution in [2.45, 2.75) is 39.2 Å². The lowest BCUT2D eigenvalue weighted by molar-refractivity contribution is 0.0605. The lowest BCUT2D eigenvalue weighted by Gasteiger charge is -2.27. The summed E-state index contributed by atoms with van der Waals surface area (Å²) in [5.41, 5.74) is 2.40. The zero-order chi connectivity index (χ0) is 12.8. The lowest BCUT2D eigenvalue weighted by Crippen LogP contribution is -2.26. The van der Waals surface area contributed by atoms with Crippen LogP contribution in [0.15, 0.2) is 18.3 Å². The molecule has 1 aromatic rings. The Balaban J connectivity index is 2.00. The van der Waals surface area contributed by atoms with Gasteiger partial charge in [0.1, 0.15) is 0 Å². The van der Waals surface area contributed by atoms with Gasteiger partial charge in [0.05, 0.1) is 0 Å². The molecule has 1 aliphatic heterocycles. The largest absolute Gasteiger partial charge is 0.381 e. The van der Waals surface area contributed by atoms with Crippen molar-refractivity contribution in [2.75, 3.05) is 19.8 Å². The van der Waals surface area contributed by atoms with E-state index in [-0.39, 0.29) is 0 Å². The third kappa shape index (κ3) is 3.79. The summed E-state index contributed by atoms with van der Waals surface area (Å²) in [5.74, 6) is 0.782. The zero-order valence-corrected chi connectivity index (χ0v) is 11.5. The first-order valence-electron chi connectivity index (χ1n) is 7.03. The molecule has 3 heteroatoms. The highest BCUT2D eigenvalue weighted by Crippen LogP contribution is 2.27. The van der Waals surface area contributed by atoms with Crippen molar-refractivity contribution in [1.82, 2.24) is 10.3 Å². The summed E-state index contributed by atoms with van der Waals surface area (Å²) in [6.45, 7) is 7.05. The summed E-state index contributed by atoms with van der Waals surface area (Å²) in [6.07, 6.45) is 5.60. The summed E-state index contributed by atoms with van der Waals surface area (Å²) in [4.78, 5) is 4.41. The van der Waals surface area contributed by atoms with E-state index in [1.54, 1.807) is 0 Å². The van der Waals surface area contributed by atoms with E-state index >= 15 is 0 Å². The predicted molar refractivity (Wildman–Crippen MR) is 73.6 cm³/mol. The van der Waals surface area contributed by atoms with Crippen LogP contribution < -0.4 is 5.32 Å². The summed E-state index contributed by atoms with van der Waals surface area (Å²) >= 11 is 0. The highest BCUT2D eigenvalue weighted by atomic mass is 16.5. The van der Waals surface area contributed by atoms with E-state index in [1.807, 2.05) is 13.1 Å². The van der Waals surface area contributed by atoms with Crippen LogP contribution in [0.25, 0.3) is 0 Å². The Labute approximate surface area is 110 Å². The molecule has 0 spiro atoms. The number of pyridine rings is 1. The molecule has 100 valence electrons. The van der Waals surface area contributed by atoms with Gasteiger partial charge in [-0.25, -0.2) is 0 Å². The van der Waals surface area contributed by atoms with Crippen LogP contribution in [0.2, 0.25) is 0 Å². The fraction of sp³-hybridized carbons (Fsp3) is 0.667. The summed E-state index contributed by atoms with van der Waals surface area (Å²) in [7, 11) is 0. The van der Waals surface area contributed by atoms with Gasteiger partial charge in [0, 0.05) is 31.1 Å². The second-order valence-electron chi connectivity index (χ2n) is 5.13. The Morgan fingerprint density at radius 1 is 1.39 bits per heavy atom. The number of aryl methyl sites for hydroxylation is 1. The molecule has 1 atom stereocenters. The first-order chi connectivity index (χ1) is 8.79. The van der Waals surface area contributed by atoms with Gasteiger partial charge >= 0.3 is 0 Å². The van der Waals surface area contributed by atoms with Crippen LogP contribution in [0.3, 0.4) is 0 Å². The molecule has 1 saturated heterocycles. The third-order valence-electron chi connectivity index (χ3n) is 3.70. The lowest BCUT2D eigenvalue weighted by atomic mass is 9.90. The molecular weight excluding hydrogens is 224 g/mol. The highest BCUT2D eigenvalue weighted by Gasteiger charge is 2.20. The Kier molecular flexibility index (Phi) is 5.14. The van der Waals surface area contributed by atoms with E-state index in [4.69, 9.17) is 4.74 Å². The second kappa shape index (κ2) is 6.86. The van der Waals surface area contributed by atoms with Gasteiger partial charge < -0.3 is 10.1 Å². The SMILES string of the molecule is CCNC(CC1CCOCC1)c1ccc(C)nc1. The summed E-state index contributed by atoms with van der Waals surface area (Å²) < 4.78 is 5.43. The van der Waals surface area contributed by atoms with Gasteiger partial charge in [-0.2, -0.15) is 0 Å². The average Bonchev–Trinajstić information content (AvgIpc) is 2.40. The zero-order valence-electron chi connectivity index (χ0n) is 11.5. The maximum Gasteiger partial charge on any atom is 0.0468 e. The third-order valence-corrected chi connectivity index (χ3v) is 3.70. The number of rotatable bonds is 5. The molecule has 2 rings (SSSR count). The van der Waals surface area contributed by atoms with Crippen molar-refractivity contribution < 1.29 is 4.74 Å². The molecule has 1 aromatic heterocycles. The van der Waals surface area contributed by atoms with E-state index in [2.05, 4.69) is 29.4 Å². The topological polar surface area (TPSA) is 34.1 Å². The molecule has 0 saturated carbocycles. The van der Waals surface area contributed by atoms with Crippen molar-refractivity contribution in [2.24, 2.45) is 5.92 Å². The quantitative estimate of drug-likeness (QED) is 0.870. The summed E-state index contributed by atoms with van der Waals surface area (Å²) in [5, 5.41) is 3.58. The molecule has 1 unspecified atom stereocenters. The van der Waals surface area contributed by atoms with Gasteiger partial charge in [0.2, 0.25) is 0 Å². The fourth-order valence-corrected chi connectivity index (χ4v) is 2.58. The maximum absolute atomic E-state index is 5.43. The van der Waals surface area contributed by atoms with Crippen LogP contribution in [-0.2, 0) is 4.74 Å². The fourth-order valence-electron chi connectivity index (χ4n) is 2.58. The van der Waals surface area contributed by atoms with Gasteiger partial charge in [0.25, 0.3) is 0 Å². The molecule has 2 heterocycles. The minimum Gasteiger partial charge on any atom is -0.381 e.